The van der Waals surface area contributed by atoms with Crippen molar-refractivity contribution in [2.24, 2.45) is 0 Å². The molecule has 0 aromatic rings. The summed E-state index contributed by atoms with van der Waals surface area (Å²) in [5, 5.41) is 14.1. The third-order valence-corrected chi connectivity index (χ3v) is 4.88. The fraction of sp³-hybridized carbons (Fsp3) is 1.00. The van der Waals surface area contributed by atoms with Crippen LogP contribution in [0, 0.1) is 0 Å². The van der Waals surface area contributed by atoms with Gasteiger partial charge in [0.05, 0.1) is 6.10 Å². The summed E-state index contributed by atoms with van der Waals surface area (Å²) in [6.45, 7) is 6.84. The van der Waals surface area contributed by atoms with E-state index < -0.39 is 0 Å². The molecule has 0 radical (unpaired) electrons. The van der Waals surface area contributed by atoms with Gasteiger partial charge >= 0.3 is 0 Å². The molecule has 0 amide bonds. The second-order valence-electron chi connectivity index (χ2n) is 6.71. The van der Waals surface area contributed by atoms with E-state index in [2.05, 4.69) is 24.1 Å². The van der Waals surface area contributed by atoms with Crippen molar-refractivity contribution in [2.45, 2.75) is 89.4 Å². The average molecular weight is 268 g/mol. The quantitative estimate of drug-likeness (QED) is 0.769. The van der Waals surface area contributed by atoms with E-state index in [4.69, 9.17) is 0 Å². The highest BCUT2D eigenvalue weighted by atomic mass is 16.3. The molecule has 0 spiro atoms. The predicted molar refractivity (Wildman–Crippen MR) is 80.4 cm³/mol. The first-order valence-electron chi connectivity index (χ1n) is 8.35. The standard InChI is InChI=1S/C16H32N2O/c1-13(2)18(12-14-8-6-7-11-17-14)15-9-4-3-5-10-16(15)19/h13-17,19H,3-12H2,1-2H3. The van der Waals surface area contributed by atoms with Gasteiger partial charge in [0, 0.05) is 24.7 Å². The Balaban J connectivity index is 1.96. The summed E-state index contributed by atoms with van der Waals surface area (Å²) in [5.74, 6) is 0. The Morgan fingerprint density at radius 1 is 1.05 bits per heavy atom. The SMILES string of the molecule is CC(C)N(CC1CCCCN1)C1CCCCCC1O. The first-order valence-corrected chi connectivity index (χ1v) is 8.35. The van der Waals surface area contributed by atoms with E-state index in [0.717, 1.165) is 13.0 Å². The van der Waals surface area contributed by atoms with Crippen LogP contribution in [0.3, 0.4) is 0 Å². The van der Waals surface area contributed by atoms with E-state index in [0.29, 0.717) is 18.1 Å². The summed E-state index contributed by atoms with van der Waals surface area (Å²) in [5.41, 5.74) is 0. The summed E-state index contributed by atoms with van der Waals surface area (Å²) in [6.07, 6.45) is 9.80. The molecule has 3 heteroatoms. The maximum Gasteiger partial charge on any atom is 0.0695 e. The van der Waals surface area contributed by atoms with Crippen LogP contribution >= 0.6 is 0 Å². The fourth-order valence-corrected chi connectivity index (χ4v) is 3.72. The molecule has 2 fully saturated rings. The van der Waals surface area contributed by atoms with Crippen molar-refractivity contribution >= 4 is 0 Å². The lowest BCUT2D eigenvalue weighted by Crippen LogP contribution is -2.53. The van der Waals surface area contributed by atoms with E-state index in [-0.39, 0.29) is 6.10 Å². The van der Waals surface area contributed by atoms with E-state index in [1.165, 1.54) is 51.5 Å². The van der Waals surface area contributed by atoms with Gasteiger partial charge in [-0.25, -0.2) is 0 Å². The maximum atomic E-state index is 10.4. The Kier molecular flexibility index (Phi) is 6.11. The van der Waals surface area contributed by atoms with Gasteiger partial charge in [0.25, 0.3) is 0 Å². The lowest BCUT2D eigenvalue weighted by molar-refractivity contribution is 0.0200. The van der Waals surface area contributed by atoms with Crippen molar-refractivity contribution in [1.82, 2.24) is 10.2 Å². The van der Waals surface area contributed by atoms with Crippen LogP contribution in [-0.4, -0.2) is 47.3 Å². The van der Waals surface area contributed by atoms with Crippen LogP contribution in [0.5, 0.6) is 0 Å². The van der Waals surface area contributed by atoms with Crippen molar-refractivity contribution in [1.29, 1.82) is 0 Å². The molecule has 0 bridgehead atoms. The van der Waals surface area contributed by atoms with Gasteiger partial charge in [-0.3, -0.25) is 4.90 Å². The predicted octanol–water partition coefficient (Wildman–Crippen LogP) is 2.53. The van der Waals surface area contributed by atoms with Gasteiger partial charge < -0.3 is 10.4 Å². The number of piperidine rings is 1. The van der Waals surface area contributed by atoms with E-state index in [1.807, 2.05) is 0 Å². The van der Waals surface area contributed by atoms with Gasteiger partial charge in [0.15, 0.2) is 0 Å². The Morgan fingerprint density at radius 2 is 1.79 bits per heavy atom. The van der Waals surface area contributed by atoms with Crippen LogP contribution in [0.25, 0.3) is 0 Å². The second-order valence-corrected chi connectivity index (χ2v) is 6.71. The largest absolute Gasteiger partial charge is 0.391 e. The Labute approximate surface area is 118 Å². The van der Waals surface area contributed by atoms with Crippen LogP contribution < -0.4 is 5.32 Å². The van der Waals surface area contributed by atoms with Gasteiger partial charge in [0.2, 0.25) is 0 Å². The molecule has 3 nitrogen and oxygen atoms in total. The van der Waals surface area contributed by atoms with Gasteiger partial charge in [-0.15, -0.1) is 0 Å². The van der Waals surface area contributed by atoms with E-state index in [9.17, 15) is 5.11 Å². The van der Waals surface area contributed by atoms with Crippen LogP contribution in [0.4, 0.5) is 0 Å². The topological polar surface area (TPSA) is 35.5 Å². The van der Waals surface area contributed by atoms with Crippen LogP contribution in [0.1, 0.15) is 65.2 Å². The smallest absolute Gasteiger partial charge is 0.0695 e. The molecule has 0 aromatic carbocycles. The van der Waals surface area contributed by atoms with Gasteiger partial charge in [-0.1, -0.05) is 25.7 Å². The lowest BCUT2D eigenvalue weighted by Gasteiger charge is -2.40. The zero-order valence-corrected chi connectivity index (χ0v) is 12.8. The molecule has 1 aliphatic heterocycles. The molecule has 3 atom stereocenters. The third kappa shape index (κ3) is 4.44. The molecule has 112 valence electrons. The summed E-state index contributed by atoms with van der Waals surface area (Å²) >= 11 is 0. The number of nitrogens with zero attached hydrogens (tertiary/aromatic N) is 1. The molecular formula is C16H32N2O. The molecule has 2 rings (SSSR count). The number of hydrogen-bond donors (Lipinski definition) is 2. The first-order chi connectivity index (χ1) is 9.18. The molecule has 0 aromatic heterocycles. The molecule has 3 unspecified atom stereocenters. The molecular weight excluding hydrogens is 236 g/mol. The third-order valence-electron chi connectivity index (χ3n) is 4.88. The van der Waals surface area contributed by atoms with Gasteiger partial charge in [-0.05, 0) is 46.1 Å². The summed E-state index contributed by atoms with van der Waals surface area (Å²) in [7, 11) is 0. The average Bonchev–Trinajstić information content (AvgIpc) is 2.62. The fourth-order valence-electron chi connectivity index (χ4n) is 3.72. The van der Waals surface area contributed by atoms with Crippen molar-refractivity contribution in [3.8, 4) is 0 Å². The van der Waals surface area contributed by atoms with Gasteiger partial charge in [-0.2, -0.15) is 0 Å². The highest BCUT2D eigenvalue weighted by molar-refractivity contribution is 4.87. The van der Waals surface area contributed by atoms with Crippen LogP contribution in [0.2, 0.25) is 0 Å². The highest BCUT2D eigenvalue weighted by Crippen LogP contribution is 2.25. The first kappa shape index (κ1) is 15.3. The molecule has 2 N–H and O–H groups in total. The Bertz CT molecular complexity index is 251. The summed E-state index contributed by atoms with van der Waals surface area (Å²) < 4.78 is 0. The summed E-state index contributed by atoms with van der Waals surface area (Å²) in [6, 6.07) is 1.54. The van der Waals surface area contributed by atoms with Crippen molar-refractivity contribution in [3.63, 3.8) is 0 Å². The van der Waals surface area contributed by atoms with E-state index >= 15 is 0 Å². The second kappa shape index (κ2) is 7.61. The molecule has 1 saturated heterocycles. The molecule has 1 aliphatic carbocycles. The minimum Gasteiger partial charge on any atom is -0.391 e. The normalized spacial score (nSPS) is 33.6. The molecule has 1 saturated carbocycles. The maximum absolute atomic E-state index is 10.4. The van der Waals surface area contributed by atoms with Crippen LogP contribution in [-0.2, 0) is 0 Å². The lowest BCUT2D eigenvalue weighted by atomic mass is 9.99. The molecule has 19 heavy (non-hydrogen) atoms. The number of nitrogens with one attached hydrogen (secondary N) is 1. The minimum atomic E-state index is -0.117. The Morgan fingerprint density at radius 3 is 2.47 bits per heavy atom. The van der Waals surface area contributed by atoms with Crippen molar-refractivity contribution < 1.29 is 5.11 Å². The number of rotatable bonds is 4. The number of hydrogen-bond acceptors (Lipinski definition) is 3. The van der Waals surface area contributed by atoms with Crippen LogP contribution in [0.15, 0.2) is 0 Å². The van der Waals surface area contributed by atoms with Crippen molar-refractivity contribution in [3.05, 3.63) is 0 Å². The molecule has 1 heterocycles. The number of aliphatic hydroxyl groups is 1. The highest BCUT2D eigenvalue weighted by Gasteiger charge is 2.30. The summed E-state index contributed by atoms with van der Waals surface area (Å²) in [4.78, 5) is 2.57. The van der Waals surface area contributed by atoms with Gasteiger partial charge in [0.1, 0.15) is 0 Å². The molecule has 2 aliphatic rings. The zero-order chi connectivity index (χ0) is 13.7. The Hall–Kier alpha value is -0.120. The zero-order valence-electron chi connectivity index (χ0n) is 12.8. The monoisotopic (exact) mass is 268 g/mol. The van der Waals surface area contributed by atoms with E-state index in [1.54, 1.807) is 0 Å². The number of aliphatic hydroxyl groups excluding tert-OH is 1. The minimum absolute atomic E-state index is 0.117. The van der Waals surface area contributed by atoms with Crippen molar-refractivity contribution in [2.75, 3.05) is 13.1 Å².